The molecule has 0 aromatic heterocycles. The summed E-state index contributed by atoms with van der Waals surface area (Å²) < 4.78 is 25.0. The second-order valence-electron chi connectivity index (χ2n) is 8.75. The molecule has 0 amide bonds. The van der Waals surface area contributed by atoms with Crippen LogP contribution in [0.15, 0.2) is 104 Å². The molecule has 1 N–H and O–H groups in total. The quantitative estimate of drug-likeness (QED) is 0.371. The fourth-order valence-corrected chi connectivity index (χ4v) is 4.29. The molecule has 5 nitrogen and oxygen atoms in total. The minimum atomic E-state index is -0.858. The highest BCUT2D eigenvalue weighted by Crippen LogP contribution is 2.30. The first kappa shape index (κ1) is 25.3. The van der Waals surface area contributed by atoms with E-state index in [1.165, 1.54) is 0 Å². The summed E-state index contributed by atoms with van der Waals surface area (Å²) in [6.07, 6.45) is -0.537. The van der Waals surface area contributed by atoms with Gasteiger partial charge in [-0.3, -0.25) is 0 Å². The highest BCUT2D eigenvalue weighted by atomic mass is 16.6. The smallest absolute Gasteiger partial charge is 0.115 e. The molecule has 184 valence electrons. The number of ether oxygens (including phenoxy) is 4. The third-order valence-electron chi connectivity index (χ3n) is 6.12. The van der Waals surface area contributed by atoms with Crippen molar-refractivity contribution in [3.05, 3.63) is 120 Å². The summed E-state index contributed by atoms with van der Waals surface area (Å²) in [4.78, 5) is 0. The van der Waals surface area contributed by atoms with Gasteiger partial charge in [0.2, 0.25) is 0 Å². The molecule has 5 atom stereocenters. The fraction of sp³-hybridized carbons (Fsp3) is 0.333. The number of benzene rings is 3. The van der Waals surface area contributed by atoms with Crippen molar-refractivity contribution in [1.29, 1.82) is 0 Å². The number of hydrogen-bond donors (Lipinski definition) is 1. The second-order valence-corrected chi connectivity index (χ2v) is 8.75. The highest BCUT2D eigenvalue weighted by molar-refractivity contribution is 5.15. The molecule has 1 saturated heterocycles. The van der Waals surface area contributed by atoms with Gasteiger partial charge in [-0.25, -0.2) is 0 Å². The summed E-state index contributed by atoms with van der Waals surface area (Å²) in [6.45, 7) is 5.37. The number of hydrogen-bond acceptors (Lipinski definition) is 5. The van der Waals surface area contributed by atoms with Gasteiger partial charge in [0.05, 0.1) is 32.5 Å². The van der Waals surface area contributed by atoms with Gasteiger partial charge < -0.3 is 24.1 Å². The maximum Gasteiger partial charge on any atom is 0.115 e. The Morgan fingerprint density at radius 3 is 1.69 bits per heavy atom. The van der Waals surface area contributed by atoms with E-state index in [0.717, 1.165) is 16.7 Å². The molecule has 0 radical (unpaired) electrons. The molecule has 3 aromatic carbocycles. The molecule has 0 aliphatic carbocycles. The van der Waals surface area contributed by atoms with Gasteiger partial charge in [0, 0.05) is 0 Å². The van der Waals surface area contributed by atoms with Crippen molar-refractivity contribution in [2.45, 2.75) is 56.8 Å². The van der Waals surface area contributed by atoms with Crippen LogP contribution in [0.5, 0.6) is 0 Å². The van der Waals surface area contributed by atoms with E-state index < -0.39 is 30.5 Å². The normalized spacial score (nSPS) is 24.2. The molecule has 1 fully saturated rings. The first-order chi connectivity index (χ1) is 17.2. The van der Waals surface area contributed by atoms with Crippen LogP contribution in [-0.4, -0.2) is 42.2 Å². The van der Waals surface area contributed by atoms with Gasteiger partial charge in [-0.05, 0) is 23.1 Å². The zero-order valence-electron chi connectivity index (χ0n) is 19.9. The van der Waals surface area contributed by atoms with E-state index in [1.807, 2.05) is 91.0 Å². The molecular weight excluding hydrogens is 440 g/mol. The Balaban J connectivity index is 1.50. The van der Waals surface area contributed by atoms with Crippen LogP contribution in [0, 0.1) is 0 Å². The van der Waals surface area contributed by atoms with Crippen molar-refractivity contribution in [3.63, 3.8) is 0 Å². The number of aliphatic hydroxyl groups excluding tert-OH is 1. The van der Waals surface area contributed by atoms with E-state index in [0.29, 0.717) is 32.8 Å². The largest absolute Gasteiger partial charge is 0.388 e. The van der Waals surface area contributed by atoms with E-state index in [-0.39, 0.29) is 0 Å². The Bertz CT molecular complexity index is 995. The Hall–Kier alpha value is -2.80. The lowest BCUT2D eigenvalue weighted by Gasteiger charge is -2.44. The van der Waals surface area contributed by atoms with Crippen LogP contribution in [0.3, 0.4) is 0 Å². The highest BCUT2D eigenvalue weighted by Gasteiger charge is 2.46. The standard InChI is InChI=1S/C30H34O5/c1-2-12-26-28(31)30(34-21-25-17-10-5-11-18-25)29(33-20-24-15-8-4-9-16-24)27(35-26)22-32-19-23-13-6-3-7-14-23/h2-11,13-18,26-31H,1,12,19-22H2/t26-,27-,28-,29+,30-/m1/s1. The third kappa shape index (κ3) is 7.34. The predicted molar refractivity (Wildman–Crippen MR) is 136 cm³/mol. The minimum absolute atomic E-state index is 0.319. The van der Waals surface area contributed by atoms with E-state index in [4.69, 9.17) is 18.9 Å². The molecule has 4 rings (SSSR count). The number of rotatable bonds is 12. The Kier molecular flexibility index (Phi) is 9.64. The van der Waals surface area contributed by atoms with E-state index in [2.05, 4.69) is 6.58 Å². The van der Waals surface area contributed by atoms with Crippen molar-refractivity contribution in [1.82, 2.24) is 0 Å². The molecule has 1 heterocycles. The Labute approximate surface area is 207 Å². The van der Waals surface area contributed by atoms with Crippen LogP contribution in [0.1, 0.15) is 23.1 Å². The monoisotopic (exact) mass is 474 g/mol. The fourth-order valence-electron chi connectivity index (χ4n) is 4.29. The molecular formula is C30H34O5. The van der Waals surface area contributed by atoms with Crippen molar-refractivity contribution in [3.8, 4) is 0 Å². The van der Waals surface area contributed by atoms with Gasteiger partial charge in [0.1, 0.15) is 24.4 Å². The third-order valence-corrected chi connectivity index (χ3v) is 6.12. The average Bonchev–Trinajstić information content (AvgIpc) is 2.90. The van der Waals surface area contributed by atoms with Gasteiger partial charge in [-0.15, -0.1) is 6.58 Å². The SMILES string of the molecule is C=CC[C@H]1O[C@H](COCc2ccccc2)[C@H](OCc2ccccc2)[C@H](OCc2ccccc2)[C@@H]1O. The summed E-state index contributed by atoms with van der Waals surface area (Å²) in [5.41, 5.74) is 3.16. The van der Waals surface area contributed by atoms with Crippen LogP contribution >= 0.6 is 0 Å². The maximum atomic E-state index is 11.2. The zero-order valence-corrected chi connectivity index (χ0v) is 19.9. The summed E-state index contributed by atoms with van der Waals surface area (Å²) in [5.74, 6) is 0. The van der Waals surface area contributed by atoms with Gasteiger partial charge in [-0.2, -0.15) is 0 Å². The summed E-state index contributed by atoms with van der Waals surface area (Å²) in [6, 6.07) is 29.9. The molecule has 1 aliphatic rings. The zero-order chi connectivity index (χ0) is 24.3. The van der Waals surface area contributed by atoms with Gasteiger partial charge in [0.15, 0.2) is 0 Å². The van der Waals surface area contributed by atoms with E-state index in [9.17, 15) is 5.11 Å². The van der Waals surface area contributed by atoms with Gasteiger partial charge in [-0.1, -0.05) is 97.1 Å². The first-order valence-electron chi connectivity index (χ1n) is 12.1. The lowest BCUT2D eigenvalue weighted by molar-refractivity contribution is -0.260. The lowest BCUT2D eigenvalue weighted by Crippen LogP contribution is -2.60. The molecule has 0 bridgehead atoms. The Morgan fingerprint density at radius 2 is 1.17 bits per heavy atom. The van der Waals surface area contributed by atoms with Crippen LogP contribution in [-0.2, 0) is 38.8 Å². The minimum Gasteiger partial charge on any atom is -0.388 e. The summed E-state index contributed by atoms with van der Waals surface area (Å²) >= 11 is 0. The lowest BCUT2D eigenvalue weighted by atomic mass is 9.93. The summed E-state index contributed by atoms with van der Waals surface area (Å²) in [5, 5.41) is 11.2. The van der Waals surface area contributed by atoms with Crippen LogP contribution in [0.2, 0.25) is 0 Å². The topological polar surface area (TPSA) is 57.2 Å². The molecule has 1 aliphatic heterocycles. The average molecular weight is 475 g/mol. The molecule has 0 unspecified atom stereocenters. The predicted octanol–water partition coefficient (Wildman–Crippen LogP) is 5.08. The van der Waals surface area contributed by atoms with Crippen molar-refractivity contribution in [2.75, 3.05) is 6.61 Å². The second kappa shape index (κ2) is 13.3. The Morgan fingerprint density at radius 1 is 0.686 bits per heavy atom. The number of aliphatic hydroxyl groups is 1. The van der Waals surface area contributed by atoms with Crippen LogP contribution in [0.4, 0.5) is 0 Å². The van der Waals surface area contributed by atoms with E-state index >= 15 is 0 Å². The van der Waals surface area contributed by atoms with Crippen molar-refractivity contribution in [2.24, 2.45) is 0 Å². The first-order valence-corrected chi connectivity index (χ1v) is 12.1. The molecule has 35 heavy (non-hydrogen) atoms. The summed E-state index contributed by atoms with van der Waals surface area (Å²) in [7, 11) is 0. The van der Waals surface area contributed by atoms with Gasteiger partial charge >= 0.3 is 0 Å². The van der Waals surface area contributed by atoms with E-state index in [1.54, 1.807) is 6.08 Å². The molecule has 5 heteroatoms. The molecule has 3 aromatic rings. The molecule has 0 saturated carbocycles. The van der Waals surface area contributed by atoms with Crippen molar-refractivity contribution >= 4 is 0 Å². The van der Waals surface area contributed by atoms with Gasteiger partial charge in [0.25, 0.3) is 0 Å². The molecule has 0 spiro atoms. The van der Waals surface area contributed by atoms with Crippen molar-refractivity contribution < 1.29 is 24.1 Å². The van der Waals surface area contributed by atoms with Crippen LogP contribution in [0.25, 0.3) is 0 Å². The van der Waals surface area contributed by atoms with Crippen LogP contribution < -0.4 is 0 Å². The maximum absolute atomic E-state index is 11.2.